The van der Waals surface area contributed by atoms with E-state index in [0.29, 0.717) is 19.1 Å². The fraction of sp³-hybridized carbons (Fsp3) is 0.750. The van der Waals surface area contributed by atoms with Gasteiger partial charge in [-0.1, -0.05) is 84.9 Å². The van der Waals surface area contributed by atoms with Gasteiger partial charge in [0.25, 0.3) is 0 Å². The second-order valence-electron chi connectivity index (χ2n) is 12.9. The smallest absolute Gasteiger partial charge is 0.192 e. The molecule has 6 heteroatoms. The molecule has 38 heavy (non-hydrogen) atoms. The molecule has 0 amide bonds. The van der Waals surface area contributed by atoms with E-state index in [1.807, 2.05) is 12.1 Å². The largest absolute Gasteiger partial charge is 0.414 e. The molecule has 1 aromatic carbocycles. The van der Waals surface area contributed by atoms with Gasteiger partial charge in [-0.25, -0.2) is 0 Å². The molecule has 2 rings (SSSR count). The lowest BCUT2D eigenvalue weighted by Gasteiger charge is -2.40. The van der Waals surface area contributed by atoms with Crippen molar-refractivity contribution in [1.82, 2.24) is 0 Å². The molecule has 1 fully saturated rings. The third-order valence-corrected chi connectivity index (χ3v) is 18.3. The first-order valence-electron chi connectivity index (χ1n) is 15.1. The first-order chi connectivity index (χ1) is 17.9. The summed E-state index contributed by atoms with van der Waals surface area (Å²) in [4.78, 5) is 0. The van der Waals surface area contributed by atoms with Crippen molar-refractivity contribution in [3.05, 3.63) is 48.6 Å². The molecule has 0 bridgehead atoms. The van der Waals surface area contributed by atoms with Gasteiger partial charge in [-0.05, 0) is 67.0 Å². The van der Waals surface area contributed by atoms with E-state index >= 15 is 0 Å². The molecule has 0 unspecified atom stereocenters. The molecular formula is C32H58O4Si2. The van der Waals surface area contributed by atoms with Crippen LogP contribution >= 0.6 is 0 Å². The summed E-state index contributed by atoms with van der Waals surface area (Å²) >= 11 is 0. The van der Waals surface area contributed by atoms with Crippen LogP contribution in [0.4, 0.5) is 0 Å². The van der Waals surface area contributed by atoms with E-state index in [2.05, 4.69) is 92.4 Å². The Kier molecular flexibility index (Phi) is 13.5. The van der Waals surface area contributed by atoms with Crippen LogP contribution in [0.15, 0.2) is 43.0 Å². The lowest BCUT2D eigenvalue weighted by atomic mass is 9.92. The molecule has 0 radical (unpaired) electrons. The molecular weight excluding hydrogens is 505 g/mol. The SMILES string of the molecule is C=CCC[C@H](O[Si](CC)(CC)CC)[C@H](C)C[C@H]1O[C@H](COCc2ccccc2)C[C@H]1O[Si](C)(C)C(C)(C)C. The van der Waals surface area contributed by atoms with Gasteiger partial charge in [-0.15, -0.1) is 6.58 Å². The summed E-state index contributed by atoms with van der Waals surface area (Å²) in [6.45, 7) is 26.2. The van der Waals surface area contributed by atoms with Crippen molar-refractivity contribution in [2.45, 2.75) is 141 Å². The van der Waals surface area contributed by atoms with Gasteiger partial charge in [0.15, 0.2) is 16.6 Å². The molecule has 1 aromatic rings. The van der Waals surface area contributed by atoms with E-state index in [1.54, 1.807) is 0 Å². The number of allylic oxidation sites excluding steroid dienone is 1. The van der Waals surface area contributed by atoms with E-state index in [1.165, 1.54) is 23.7 Å². The van der Waals surface area contributed by atoms with Crippen molar-refractivity contribution in [3.8, 4) is 0 Å². The van der Waals surface area contributed by atoms with Crippen LogP contribution < -0.4 is 0 Å². The topological polar surface area (TPSA) is 36.9 Å². The lowest BCUT2D eigenvalue weighted by Crippen LogP contribution is -2.47. The number of hydrogen-bond acceptors (Lipinski definition) is 4. The van der Waals surface area contributed by atoms with Crippen molar-refractivity contribution in [2.75, 3.05) is 6.61 Å². The van der Waals surface area contributed by atoms with Crippen LogP contribution in [0.5, 0.6) is 0 Å². The highest BCUT2D eigenvalue weighted by Gasteiger charge is 2.45. The Labute approximate surface area is 237 Å². The molecule has 4 nitrogen and oxygen atoms in total. The highest BCUT2D eigenvalue weighted by Crippen LogP contribution is 2.41. The number of ether oxygens (including phenoxy) is 2. The van der Waals surface area contributed by atoms with Gasteiger partial charge in [0, 0.05) is 12.5 Å². The molecule has 0 N–H and O–H groups in total. The fourth-order valence-electron chi connectivity index (χ4n) is 5.26. The Balaban J connectivity index is 2.15. The molecule has 5 atom stereocenters. The summed E-state index contributed by atoms with van der Waals surface area (Å²) in [5, 5.41) is 0.162. The minimum Gasteiger partial charge on any atom is -0.414 e. The van der Waals surface area contributed by atoms with Crippen molar-refractivity contribution in [2.24, 2.45) is 5.92 Å². The van der Waals surface area contributed by atoms with E-state index in [9.17, 15) is 0 Å². The van der Waals surface area contributed by atoms with Crippen molar-refractivity contribution in [1.29, 1.82) is 0 Å². The molecule has 0 saturated carbocycles. The maximum Gasteiger partial charge on any atom is 0.192 e. The lowest BCUT2D eigenvalue weighted by molar-refractivity contribution is -0.0441. The average Bonchev–Trinajstić information content (AvgIpc) is 3.24. The number of benzene rings is 1. The van der Waals surface area contributed by atoms with Crippen molar-refractivity contribution in [3.63, 3.8) is 0 Å². The van der Waals surface area contributed by atoms with E-state index < -0.39 is 16.6 Å². The van der Waals surface area contributed by atoms with Gasteiger partial charge in [-0.2, -0.15) is 0 Å². The highest BCUT2D eigenvalue weighted by molar-refractivity contribution is 6.74. The van der Waals surface area contributed by atoms with Crippen LogP contribution in [0.2, 0.25) is 36.3 Å². The standard InChI is InChI=1S/C32H58O4Si2/c1-11-15-21-29(36-38(12-2,13-3)14-4)26(5)22-30-31(35-37(9,10)32(6,7)8)23-28(34-30)25-33-24-27-19-17-16-18-20-27/h11,16-20,26,28-31H,1,12-15,21-25H2,2-10H3/t26-,28+,29+,30-,31-/m1/s1. The Morgan fingerprint density at radius 3 is 2.26 bits per heavy atom. The summed E-state index contributed by atoms with van der Waals surface area (Å²) in [7, 11) is -3.65. The minimum atomic E-state index is -1.94. The van der Waals surface area contributed by atoms with Crippen LogP contribution in [0.1, 0.15) is 79.7 Å². The zero-order chi connectivity index (χ0) is 28.4. The average molecular weight is 563 g/mol. The number of hydrogen-bond donors (Lipinski definition) is 0. The Morgan fingerprint density at radius 2 is 1.71 bits per heavy atom. The second kappa shape index (κ2) is 15.3. The van der Waals surface area contributed by atoms with Crippen molar-refractivity contribution < 1.29 is 18.3 Å². The zero-order valence-corrected chi connectivity index (χ0v) is 28.1. The Morgan fingerprint density at radius 1 is 1.08 bits per heavy atom. The first-order valence-corrected chi connectivity index (χ1v) is 20.6. The summed E-state index contributed by atoms with van der Waals surface area (Å²) in [5.41, 5.74) is 1.20. The third-order valence-electron chi connectivity index (χ3n) is 9.17. The van der Waals surface area contributed by atoms with Crippen LogP contribution in [0.25, 0.3) is 0 Å². The quantitative estimate of drug-likeness (QED) is 0.140. The fourth-order valence-corrected chi connectivity index (χ4v) is 9.61. The molecule has 0 spiro atoms. The van der Waals surface area contributed by atoms with Gasteiger partial charge in [-0.3, -0.25) is 0 Å². The molecule has 1 aliphatic heterocycles. The molecule has 0 aromatic heterocycles. The number of rotatable bonds is 17. The van der Waals surface area contributed by atoms with E-state index in [-0.39, 0.29) is 29.5 Å². The van der Waals surface area contributed by atoms with Gasteiger partial charge < -0.3 is 18.3 Å². The summed E-state index contributed by atoms with van der Waals surface area (Å²) in [6, 6.07) is 13.9. The van der Waals surface area contributed by atoms with Gasteiger partial charge in [0.1, 0.15) is 0 Å². The second-order valence-corrected chi connectivity index (χ2v) is 22.4. The molecule has 218 valence electrons. The summed E-state index contributed by atoms with van der Waals surface area (Å²) in [5.74, 6) is 0.394. The predicted molar refractivity (Wildman–Crippen MR) is 167 cm³/mol. The normalized spacial score (nSPS) is 22.4. The van der Waals surface area contributed by atoms with Gasteiger partial charge >= 0.3 is 0 Å². The Hall–Kier alpha value is -0.766. The van der Waals surface area contributed by atoms with Gasteiger partial charge in [0.05, 0.1) is 31.5 Å². The van der Waals surface area contributed by atoms with E-state index in [4.69, 9.17) is 18.3 Å². The highest BCUT2D eigenvalue weighted by atomic mass is 28.4. The van der Waals surface area contributed by atoms with Crippen LogP contribution in [-0.4, -0.2) is 47.7 Å². The molecule has 1 heterocycles. The maximum absolute atomic E-state index is 7.07. The maximum atomic E-state index is 7.07. The first kappa shape index (κ1) is 33.4. The monoisotopic (exact) mass is 562 g/mol. The van der Waals surface area contributed by atoms with Gasteiger partial charge in [0.2, 0.25) is 0 Å². The van der Waals surface area contributed by atoms with Crippen LogP contribution in [0, 0.1) is 5.92 Å². The predicted octanol–water partition coefficient (Wildman–Crippen LogP) is 9.13. The Bertz CT molecular complexity index is 795. The zero-order valence-electron chi connectivity index (χ0n) is 26.1. The summed E-state index contributed by atoms with van der Waals surface area (Å²) < 4.78 is 26.9. The third kappa shape index (κ3) is 9.70. The minimum absolute atomic E-state index is 0.0635. The molecule has 1 saturated heterocycles. The molecule has 0 aliphatic carbocycles. The van der Waals surface area contributed by atoms with E-state index in [0.717, 1.165) is 25.7 Å². The summed E-state index contributed by atoms with van der Waals surface area (Å²) in [6.07, 6.45) is 6.39. The van der Waals surface area contributed by atoms with Crippen molar-refractivity contribution >= 4 is 16.6 Å². The molecule has 1 aliphatic rings. The van der Waals surface area contributed by atoms with Crippen LogP contribution in [0.3, 0.4) is 0 Å². The van der Waals surface area contributed by atoms with Crippen LogP contribution in [-0.2, 0) is 24.9 Å².